The van der Waals surface area contributed by atoms with Gasteiger partial charge in [0.25, 0.3) is 0 Å². The number of nitriles is 1. The van der Waals surface area contributed by atoms with Gasteiger partial charge in [-0.15, -0.1) is 0 Å². The number of rotatable bonds is 6. The summed E-state index contributed by atoms with van der Waals surface area (Å²) in [4.78, 5) is 0. The smallest absolute Gasteiger partial charge is 0.137 e. The Morgan fingerprint density at radius 1 is 1.17 bits per heavy atom. The minimum Gasteiger partial charge on any atom is -0.490 e. The molecule has 0 radical (unpaired) electrons. The van der Waals surface area contributed by atoms with E-state index < -0.39 is 0 Å². The van der Waals surface area contributed by atoms with Crippen LogP contribution < -0.4 is 4.74 Å². The molecule has 3 nitrogen and oxygen atoms in total. The fourth-order valence-corrected chi connectivity index (χ4v) is 2.32. The molecular weight excluding hydrogens is 226 g/mol. The first-order valence-corrected chi connectivity index (χ1v) is 6.60. The molecule has 1 aliphatic carbocycles. The fraction of sp³-hybridized carbons (Fsp3) is 0.533. The lowest BCUT2D eigenvalue weighted by molar-refractivity contribution is 0.0753. The van der Waals surface area contributed by atoms with Gasteiger partial charge in [0.05, 0.1) is 12.2 Å². The second kappa shape index (κ2) is 7.03. The van der Waals surface area contributed by atoms with E-state index in [1.807, 2.05) is 18.2 Å². The lowest BCUT2D eigenvalue weighted by atomic mass is 10.1. The van der Waals surface area contributed by atoms with Crippen LogP contribution in [0.5, 0.6) is 5.75 Å². The molecule has 0 bridgehead atoms. The van der Waals surface area contributed by atoms with Crippen LogP contribution in [0.25, 0.3) is 0 Å². The molecule has 0 N–H and O–H groups in total. The van der Waals surface area contributed by atoms with Crippen molar-refractivity contribution in [1.29, 1.82) is 5.26 Å². The van der Waals surface area contributed by atoms with Crippen molar-refractivity contribution in [1.82, 2.24) is 0 Å². The lowest BCUT2D eigenvalue weighted by Gasteiger charge is -2.11. The summed E-state index contributed by atoms with van der Waals surface area (Å²) in [7, 11) is 0. The Morgan fingerprint density at radius 2 is 1.94 bits per heavy atom. The van der Waals surface area contributed by atoms with Crippen molar-refractivity contribution in [3.63, 3.8) is 0 Å². The maximum Gasteiger partial charge on any atom is 0.137 e. The molecule has 0 atom stereocenters. The van der Waals surface area contributed by atoms with E-state index in [0.717, 1.165) is 12.5 Å². The molecule has 0 saturated heterocycles. The van der Waals surface area contributed by atoms with Gasteiger partial charge in [-0.05, 0) is 30.9 Å². The van der Waals surface area contributed by atoms with Crippen LogP contribution in [0, 0.1) is 17.2 Å². The predicted octanol–water partition coefficient (Wildman–Crippen LogP) is 3.14. The topological polar surface area (TPSA) is 42.2 Å². The molecule has 1 aliphatic rings. The van der Waals surface area contributed by atoms with Gasteiger partial charge in [0.1, 0.15) is 18.4 Å². The summed E-state index contributed by atoms with van der Waals surface area (Å²) >= 11 is 0. The average molecular weight is 245 g/mol. The summed E-state index contributed by atoms with van der Waals surface area (Å²) in [5.74, 6) is 1.39. The van der Waals surface area contributed by atoms with Crippen LogP contribution in [-0.2, 0) is 4.74 Å². The second-order valence-corrected chi connectivity index (χ2v) is 4.68. The van der Waals surface area contributed by atoms with Crippen molar-refractivity contribution in [2.45, 2.75) is 25.7 Å². The first-order chi connectivity index (χ1) is 8.90. The maximum absolute atomic E-state index is 8.90. The Labute approximate surface area is 108 Å². The average Bonchev–Trinajstić information content (AvgIpc) is 2.92. The third kappa shape index (κ3) is 3.75. The van der Waals surface area contributed by atoms with Crippen molar-refractivity contribution in [3.05, 3.63) is 29.8 Å². The highest BCUT2D eigenvalue weighted by Gasteiger charge is 2.14. The van der Waals surface area contributed by atoms with Gasteiger partial charge in [0.15, 0.2) is 0 Å². The number of hydrogen-bond acceptors (Lipinski definition) is 3. The van der Waals surface area contributed by atoms with E-state index >= 15 is 0 Å². The van der Waals surface area contributed by atoms with Crippen LogP contribution in [0.3, 0.4) is 0 Å². The first kappa shape index (κ1) is 12.9. The standard InChI is InChI=1S/C15H19NO2/c16-11-14-7-3-4-8-15(14)18-10-9-17-12-13-5-1-2-6-13/h3-4,7-8,13H,1-2,5-6,9-10,12H2. The molecule has 18 heavy (non-hydrogen) atoms. The molecule has 0 aliphatic heterocycles. The van der Waals surface area contributed by atoms with Gasteiger partial charge in [0, 0.05) is 6.61 Å². The van der Waals surface area contributed by atoms with Gasteiger partial charge in [0.2, 0.25) is 0 Å². The summed E-state index contributed by atoms with van der Waals surface area (Å²) in [6.07, 6.45) is 5.30. The molecule has 0 spiro atoms. The van der Waals surface area contributed by atoms with Crippen LogP contribution in [0.4, 0.5) is 0 Å². The van der Waals surface area contributed by atoms with E-state index in [-0.39, 0.29) is 0 Å². The summed E-state index contributed by atoms with van der Waals surface area (Å²) < 4.78 is 11.2. The Hall–Kier alpha value is -1.53. The van der Waals surface area contributed by atoms with Gasteiger partial charge in [-0.1, -0.05) is 25.0 Å². The monoisotopic (exact) mass is 245 g/mol. The normalized spacial score (nSPS) is 15.5. The summed E-state index contributed by atoms with van der Waals surface area (Å²) in [5, 5.41) is 8.90. The molecule has 1 aromatic rings. The SMILES string of the molecule is N#Cc1ccccc1OCCOCC1CCCC1. The first-order valence-electron chi connectivity index (χ1n) is 6.60. The number of benzene rings is 1. The van der Waals surface area contributed by atoms with E-state index in [1.54, 1.807) is 6.07 Å². The van der Waals surface area contributed by atoms with Crippen molar-refractivity contribution < 1.29 is 9.47 Å². The number of ether oxygens (including phenoxy) is 2. The van der Waals surface area contributed by atoms with Crippen molar-refractivity contribution in [2.24, 2.45) is 5.92 Å². The molecule has 1 fully saturated rings. The van der Waals surface area contributed by atoms with Crippen molar-refractivity contribution in [3.8, 4) is 11.8 Å². The summed E-state index contributed by atoms with van der Waals surface area (Å²) in [5.41, 5.74) is 0.577. The Bertz CT molecular complexity index is 405. The molecular formula is C15H19NO2. The number of para-hydroxylation sites is 1. The molecule has 0 amide bonds. The highest BCUT2D eigenvalue weighted by molar-refractivity contribution is 5.42. The molecule has 1 aromatic carbocycles. The zero-order valence-corrected chi connectivity index (χ0v) is 10.6. The van der Waals surface area contributed by atoms with Gasteiger partial charge in [-0.2, -0.15) is 5.26 Å². The van der Waals surface area contributed by atoms with Crippen LogP contribution in [-0.4, -0.2) is 19.8 Å². The minimum atomic E-state index is 0.505. The summed E-state index contributed by atoms with van der Waals surface area (Å²) in [6.45, 7) is 1.95. The Balaban J connectivity index is 1.64. The largest absolute Gasteiger partial charge is 0.490 e. The van der Waals surface area contributed by atoms with Crippen LogP contribution in [0.15, 0.2) is 24.3 Å². The molecule has 0 heterocycles. The van der Waals surface area contributed by atoms with Crippen LogP contribution in [0.1, 0.15) is 31.2 Å². The van der Waals surface area contributed by atoms with Crippen LogP contribution in [0.2, 0.25) is 0 Å². The highest BCUT2D eigenvalue weighted by Crippen LogP contribution is 2.24. The molecule has 0 aromatic heterocycles. The van der Waals surface area contributed by atoms with Crippen molar-refractivity contribution in [2.75, 3.05) is 19.8 Å². The van der Waals surface area contributed by atoms with E-state index in [0.29, 0.717) is 24.5 Å². The lowest BCUT2D eigenvalue weighted by Crippen LogP contribution is -2.12. The van der Waals surface area contributed by atoms with Crippen LogP contribution >= 0.6 is 0 Å². The zero-order chi connectivity index (χ0) is 12.6. The quantitative estimate of drug-likeness (QED) is 0.723. The third-order valence-electron chi connectivity index (χ3n) is 3.32. The molecule has 1 saturated carbocycles. The highest BCUT2D eigenvalue weighted by atomic mass is 16.5. The van der Waals surface area contributed by atoms with Gasteiger partial charge in [-0.25, -0.2) is 0 Å². The molecule has 2 rings (SSSR count). The third-order valence-corrected chi connectivity index (χ3v) is 3.32. The Kier molecular flexibility index (Phi) is 5.04. The van der Waals surface area contributed by atoms with E-state index in [2.05, 4.69) is 6.07 Å². The minimum absolute atomic E-state index is 0.505. The fourth-order valence-electron chi connectivity index (χ4n) is 2.32. The molecule has 3 heteroatoms. The molecule has 96 valence electrons. The zero-order valence-electron chi connectivity index (χ0n) is 10.6. The predicted molar refractivity (Wildman–Crippen MR) is 69.4 cm³/mol. The van der Waals surface area contributed by atoms with E-state index in [9.17, 15) is 0 Å². The maximum atomic E-state index is 8.90. The van der Waals surface area contributed by atoms with E-state index in [1.165, 1.54) is 25.7 Å². The van der Waals surface area contributed by atoms with Gasteiger partial charge < -0.3 is 9.47 Å². The molecule has 0 unspecified atom stereocenters. The second-order valence-electron chi connectivity index (χ2n) is 4.68. The van der Waals surface area contributed by atoms with Gasteiger partial charge >= 0.3 is 0 Å². The van der Waals surface area contributed by atoms with Gasteiger partial charge in [-0.3, -0.25) is 0 Å². The van der Waals surface area contributed by atoms with Crippen molar-refractivity contribution >= 4 is 0 Å². The summed E-state index contributed by atoms with van der Waals surface area (Å²) in [6, 6.07) is 9.39. The van der Waals surface area contributed by atoms with E-state index in [4.69, 9.17) is 14.7 Å². The number of hydrogen-bond donors (Lipinski definition) is 0. The number of nitrogens with zero attached hydrogens (tertiary/aromatic N) is 1. The Morgan fingerprint density at radius 3 is 2.72 bits per heavy atom.